The molecule has 2 fully saturated rings. The Morgan fingerprint density at radius 1 is 1.20 bits per heavy atom. The first kappa shape index (κ1) is 18.0. The van der Waals surface area contributed by atoms with Crippen LogP contribution in [0.5, 0.6) is 0 Å². The van der Waals surface area contributed by atoms with Gasteiger partial charge in [0, 0.05) is 12.3 Å². The number of methoxy groups -OCH3 is 1. The van der Waals surface area contributed by atoms with Gasteiger partial charge < -0.3 is 14.3 Å². The number of nitrogens with zero attached hydrogens (tertiary/aromatic N) is 2. The van der Waals surface area contributed by atoms with Gasteiger partial charge in [-0.1, -0.05) is 5.16 Å². The van der Waals surface area contributed by atoms with Crippen LogP contribution >= 0.6 is 0 Å². The lowest BCUT2D eigenvalue weighted by atomic mass is 9.76. The van der Waals surface area contributed by atoms with E-state index in [1.54, 1.807) is 4.90 Å². The summed E-state index contributed by atoms with van der Waals surface area (Å²) in [6.07, 6.45) is 4.02. The molecule has 0 atom stereocenters. The van der Waals surface area contributed by atoms with E-state index in [0.717, 1.165) is 37.8 Å². The largest absolute Gasteiger partial charge is 0.469 e. The summed E-state index contributed by atoms with van der Waals surface area (Å²) < 4.78 is 10.2. The molecule has 1 saturated carbocycles. The fourth-order valence-electron chi connectivity index (χ4n) is 3.87. The SMILES string of the molecule is COC(=O)[C@H]1CC[C@@H](C2=NOC3(C2)CN(C(=O)OC(C)(C)C)C3)CC1. The molecule has 25 heavy (non-hydrogen) atoms. The van der Waals surface area contributed by atoms with Gasteiger partial charge in [-0.05, 0) is 46.5 Å². The highest BCUT2D eigenvalue weighted by molar-refractivity contribution is 5.89. The van der Waals surface area contributed by atoms with Crippen LogP contribution in [0.3, 0.4) is 0 Å². The molecule has 2 aliphatic heterocycles. The fraction of sp³-hybridized carbons (Fsp3) is 0.833. The van der Waals surface area contributed by atoms with Crippen molar-refractivity contribution < 1.29 is 23.9 Å². The van der Waals surface area contributed by atoms with Crippen molar-refractivity contribution in [3.63, 3.8) is 0 Å². The molecule has 0 unspecified atom stereocenters. The van der Waals surface area contributed by atoms with E-state index in [1.807, 2.05) is 20.8 Å². The zero-order valence-corrected chi connectivity index (χ0v) is 15.5. The number of esters is 1. The average Bonchev–Trinajstić information content (AvgIpc) is 2.97. The van der Waals surface area contributed by atoms with E-state index >= 15 is 0 Å². The Morgan fingerprint density at radius 2 is 1.84 bits per heavy atom. The maximum absolute atomic E-state index is 12.1. The maximum Gasteiger partial charge on any atom is 0.410 e. The summed E-state index contributed by atoms with van der Waals surface area (Å²) in [5, 5.41) is 4.31. The molecule has 0 aromatic heterocycles. The van der Waals surface area contributed by atoms with E-state index in [0.29, 0.717) is 19.0 Å². The standard InChI is InChI=1S/C18H28N2O5/c1-17(2,3)24-16(22)20-10-18(11-20)9-14(19-25-18)12-5-7-13(8-6-12)15(21)23-4/h12-13H,5-11H2,1-4H3/t12-,13+. The molecule has 7 heteroatoms. The maximum atomic E-state index is 12.1. The zero-order chi connectivity index (χ0) is 18.2. The van der Waals surface area contributed by atoms with E-state index in [9.17, 15) is 9.59 Å². The summed E-state index contributed by atoms with van der Waals surface area (Å²) in [6, 6.07) is 0. The van der Waals surface area contributed by atoms with Crippen molar-refractivity contribution in [2.45, 2.75) is 64.1 Å². The third kappa shape index (κ3) is 3.90. The highest BCUT2D eigenvalue weighted by atomic mass is 16.7. The molecule has 7 nitrogen and oxygen atoms in total. The number of amides is 1. The Bertz CT molecular complexity index is 567. The normalized spacial score (nSPS) is 28.0. The van der Waals surface area contributed by atoms with Gasteiger partial charge in [0.1, 0.15) is 5.60 Å². The highest BCUT2D eigenvalue weighted by Gasteiger charge is 2.53. The number of likely N-dealkylation sites (tertiary alicyclic amines) is 1. The van der Waals surface area contributed by atoms with Crippen molar-refractivity contribution in [3.05, 3.63) is 0 Å². The van der Waals surface area contributed by atoms with Crippen molar-refractivity contribution >= 4 is 17.8 Å². The number of oxime groups is 1. The number of carbonyl (C=O) groups excluding carboxylic acids is 2. The van der Waals surface area contributed by atoms with E-state index in [2.05, 4.69) is 5.16 Å². The molecule has 1 amide bonds. The number of hydrogen-bond donors (Lipinski definition) is 0. The van der Waals surface area contributed by atoms with Crippen LogP contribution in [0, 0.1) is 11.8 Å². The monoisotopic (exact) mass is 352 g/mol. The number of ether oxygens (including phenoxy) is 2. The predicted octanol–water partition coefficient (Wildman–Crippen LogP) is 2.73. The topological polar surface area (TPSA) is 77.4 Å². The molecule has 1 saturated heterocycles. The third-order valence-electron chi connectivity index (χ3n) is 5.20. The van der Waals surface area contributed by atoms with Crippen molar-refractivity contribution in [1.29, 1.82) is 0 Å². The summed E-state index contributed by atoms with van der Waals surface area (Å²) in [6.45, 7) is 6.62. The minimum absolute atomic E-state index is 0.0181. The van der Waals surface area contributed by atoms with Crippen molar-refractivity contribution in [1.82, 2.24) is 4.90 Å². The van der Waals surface area contributed by atoms with E-state index in [4.69, 9.17) is 14.3 Å². The van der Waals surface area contributed by atoms with Crippen LogP contribution in [0.2, 0.25) is 0 Å². The van der Waals surface area contributed by atoms with E-state index in [1.165, 1.54) is 7.11 Å². The van der Waals surface area contributed by atoms with Gasteiger partial charge in [0.2, 0.25) is 0 Å². The van der Waals surface area contributed by atoms with E-state index < -0.39 is 5.60 Å². The van der Waals surface area contributed by atoms with Crippen molar-refractivity contribution in [2.24, 2.45) is 17.0 Å². The fourth-order valence-corrected chi connectivity index (χ4v) is 3.87. The van der Waals surface area contributed by atoms with Crippen molar-refractivity contribution in [3.8, 4) is 0 Å². The molecule has 140 valence electrons. The quantitative estimate of drug-likeness (QED) is 0.714. The van der Waals surface area contributed by atoms with Crippen molar-refractivity contribution in [2.75, 3.05) is 20.2 Å². The molecule has 1 aliphatic carbocycles. The summed E-state index contributed by atoms with van der Waals surface area (Å²) in [4.78, 5) is 31.0. The lowest BCUT2D eigenvalue weighted by molar-refractivity contribution is -0.146. The molecule has 1 spiro atoms. The Morgan fingerprint density at radius 3 is 2.40 bits per heavy atom. The third-order valence-corrected chi connectivity index (χ3v) is 5.20. The van der Waals surface area contributed by atoms with Crippen LogP contribution < -0.4 is 0 Å². The van der Waals surface area contributed by atoms with Crippen LogP contribution in [-0.2, 0) is 19.1 Å². The van der Waals surface area contributed by atoms with Gasteiger partial charge in [-0.15, -0.1) is 0 Å². The van der Waals surface area contributed by atoms with Crippen LogP contribution in [0.15, 0.2) is 5.16 Å². The van der Waals surface area contributed by atoms with Gasteiger partial charge in [0.25, 0.3) is 0 Å². The number of carbonyl (C=O) groups is 2. The molecule has 0 radical (unpaired) electrons. The first-order chi connectivity index (χ1) is 11.7. The van der Waals surface area contributed by atoms with Gasteiger partial charge in [-0.2, -0.15) is 0 Å². The molecule has 0 aromatic carbocycles. The van der Waals surface area contributed by atoms with Gasteiger partial charge in [-0.25, -0.2) is 4.79 Å². The van der Waals surface area contributed by atoms with Crippen LogP contribution in [0.1, 0.15) is 52.9 Å². The summed E-state index contributed by atoms with van der Waals surface area (Å²) >= 11 is 0. The first-order valence-corrected chi connectivity index (χ1v) is 9.02. The molecule has 0 N–H and O–H groups in total. The lowest BCUT2D eigenvalue weighted by Crippen LogP contribution is -2.64. The van der Waals surface area contributed by atoms with Gasteiger partial charge in [0.15, 0.2) is 5.60 Å². The first-order valence-electron chi connectivity index (χ1n) is 9.02. The summed E-state index contributed by atoms with van der Waals surface area (Å²) in [5.41, 5.74) is 0.217. The van der Waals surface area contributed by atoms with Crippen LogP contribution in [0.25, 0.3) is 0 Å². The Hall–Kier alpha value is -1.79. The van der Waals surface area contributed by atoms with Gasteiger partial charge in [0.05, 0.1) is 31.8 Å². The molecule has 3 rings (SSSR count). The zero-order valence-electron chi connectivity index (χ0n) is 15.5. The summed E-state index contributed by atoms with van der Waals surface area (Å²) in [7, 11) is 1.44. The Labute approximate surface area is 148 Å². The minimum Gasteiger partial charge on any atom is -0.469 e. The second-order valence-electron chi connectivity index (χ2n) is 8.44. The Kier molecular flexibility index (Phi) is 4.68. The van der Waals surface area contributed by atoms with Crippen LogP contribution in [-0.4, -0.2) is 54.1 Å². The number of rotatable bonds is 2. The average molecular weight is 352 g/mol. The highest BCUT2D eigenvalue weighted by Crippen LogP contribution is 2.40. The van der Waals surface area contributed by atoms with E-state index in [-0.39, 0.29) is 23.6 Å². The molecular weight excluding hydrogens is 324 g/mol. The molecule has 2 heterocycles. The second-order valence-corrected chi connectivity index (χ2v) is 8.44. The number of hydrogen-bond acceptors (Lipinski definition) is 6. The minimum atomic E-state index is -0.490. The molecular formula is C18H28N2O5. The molecule has 3 aliphatic rings. The Balaban J connectivity index is 1.46. The van der Waals surface area contributed by atoms with Gasteiger partial charge in [-0.3, -0.25) is 9.69 Å². The predicted molar refractivity (Wildman–Crippen MR) is 91.1 cm³/mol. The molecule has 0 bridgehead atoms. The smallest absolute Gasteiger partial charge is 0.410 e. The van der Waals surface area contributed by atoms with Crippen LogP contribution in [0.4, 0.5) is 4.79 Å². The summed E-state index contributed by atoms with van der Waals surface area (Å²) in [5.74, 6) is 0.284. The van der Waals surface area contributed by atoms with Gasteiger partial charge >= 0.3 is 12.1 Å². The molecule has 0 aromatic rings. The lowest BCUT2D eigenvalue weighted by Gasteiger charge is -2.45. The second kappa shape index (κ2) is 6.50.